The Bertz CT molecular complexity index is 1270. The van der Waals surface area contributed by atoms with Gasteiger partial charge in [-0.05, 0) is 64.8 Å². The molecule has 5 rings (SSSR count). The fraction of sp³-hybridized carbons (Fsp3) is 0.440. The van der Waals surface area contributed by atoms with E-state index in [9.17, 15) is 4.79 Å². The molecule has 2 N–H and O–H groups in total. The molecule has 0 bridgehead atoms. The van der Waals surface area contributed by atoms with Gasteiger partial charge in [-0.1, -0.05) is 23.3 Å². The summed E-state index contributed by atoms with van der Waals surface area (Å²) in [5.74, 6) is 0.812. The summed E-state index contributed by atoms with van der Waals surface area (Å²) < 4.78 is 8.24. The van der Waals surface area contributed by atoms with Crippen molar-refractivity contribution >= 4 is 17.2 Å². The summed E-state index contributed by atoms with van der Waals surface area (Å²) in [4.78, 5) is 20.6. The van der Waals surface area contributed by atoms with Gasteiger partial charge in [0.2, 0.25) is 5.89 Å². The largest absolute Gasteiger partial charge is 0.417 e. The molecule has 2 aliphatic heterocycles. The molecular weight excluding hydrogens is 448 g/mol. The van der Waals surface area contributed by atoms with Crippen molar-refractivity contribution < 1.29 is 9.21 Å². The Balaban J connectivity index is 1.58. The Morgan fingerprint density at radius 1 is 1.24 bits per heavy atom. The molecule has 34 heavy (non-hydrogen) atoms. The van der Waals surface area contributed by atoms with Crippen LogP contribution in [-0.2, 0) is 5.54 Å². The fourth-order valence-corrected chi connectivity index (χ4v) is 5.50. The molecule has 1 fully saturated rings. The third-order valence-electron chi connectivity index (χ3n) is 6.53. The number of allylic oxidation sites excluding steroid dienone is 2. The number of carbonyl (C=O) groups is 1. The van der Waals surface area contributed by atoms with Gasteiger partial charge in [0.05, 0.1) is 17.4 Å². The first kappa shape index (κ1) is 22.7. The summed E-state index contributed by atoms with van der Waals surface area (Å²) in [5.41, 5.74) is 10.8. The third kappa shape index (κ3) is 3.82. The van der Waals surface area contributed by atoms with Crippen LogP contribution >= 0.6 is 11.3 Å². The van der Waals surface area contributed by atoms with Crippen molar-refractivity contribution in [3.63, 3.8) is 0 Å². The molecular formula is C25H30N6O2S. The molecule has 3 aromatic heterocycles. The van der Waals surface area contributed by atoms with E-state index in [1.165, 1.54) is 22.5 Å². The first-order valence-electron chi connectivity index (χ1n) is 11.6. The highest BCUT2D eigenvalue weighted by atomic mass is 32.1. The maximum Gasteiger partial charge on any atom is 0.268 e. The standard InChI is InChI=1S/C25H30N6O2S/c1-15(2)7-10-25(26,11-8-16(3)4)24-29-28-22(33-24)19-20-17-6-5-12-30(17)23(32)21-18(9-13-34-21)31(20)14-27-19/h7-9,13-14,17H,5-6,10-12,26H2,1-4H3/t17-/m0/s1. The summed E-state index contributed by atoms with van der Waals surface area (Å²) in [6, 6.07) is 1.90. The van der Waals surface area contributed by atoms with E-state index in [2.05, 4.69) is 27.3 Å². The van der Waals surface area contributed by atoms with Crippen LogP contribution in [0.2, 0.25) is 0 Å². The van der Waals surface area contributed by atoms with Crippen molar-refractivity contribution in [2.24, 2.45) is 5.73 Å². The maximum atomic E-state index is 13.2. The highest BCUT2D eigenvalue weighted by Crippen LogP contribution is 2.43. The topological polar surface area (TPSA) is 103 Å². The lowest BCUT2D eigenvalue weighted by atomic mass is 9.90. The van der Waals surface area contributed by atoms with Crippen LogP contribution < -0.4 is 5.73 Å². The van der Waals surface area contributed by atoms with E-state index in [4.69, 9.17) is 10.2 Å². The molecule has 0 saturated carbocycles. The molecule has 1 atom stereocenters. The Morgan fingerprint density at radius 2 is 1.97 bits per heavy atom. The van der Waals surface area contributed by atoms with E-state index >= 15 is 0 Å². The van der Waals surface area contributed by atoms with Gasteiger partial charge in [0.1, 0.15) is 16.7 Å². The first-order chi connectivity index (χ1) is 16.3. The SMILES string of the molecule is CC(C)=CCC(N)(CC=C(C)C)c1nnc(-c2ncn3c2[C@@H]2CCCN2C(=O)c2sccc2-3)o1. The van der Waals surface area contributed by atoms with Crippen LogP contribution in [0.4, 0.5) is 0 Å². The average Bonchev–Trinajstić information content (AvgIpc) is 3.58. The second kappa shape index (κ2) is 8.63. The lowest BCUT2D eigenvalue weighted by Crippen LogP contribution is -2.36. The van der Waals surface area contributed by atoms with E-state index in [0.717, 1.165) is 35.6 Å². The molecule has 5 heterocycles. The number of imidazole rings is 1. The summed E-state index contributed by atoms with van der Waals surface area (Å²) in [6.07, 6.45) is 8.97. The highest BCUT2D eigenvalue weighted by molar-refractivity contribution is 7.12. The van der Waals surface area contributed by atoms with Gasteiger partial charge in [0.25, 0.3) is 11.8 Å². The number of fused-ring (bicyclic) bond motifs is 5. The predicted octanol–water partition coefficient (Wildman–Crippen LogP) is 5.14. The number of thiophene rings is 1. The van der Waals surface area contributed by atoms with Crippen LogP contribution in [0.15, 0.2) is 45.5 Å². The Morgan fingerprint density at radius 3 is 2.68 bits per heavy atom. The van der Waals surface area contributed by atoms with Crippen LogP contribution in [-0.4, -0.2) is 37.1 Å². The molecule has 9 heteroatoms. The van der Waals surface area contributed by atoms with Crippen molar-refractivity contribution in [3.05, 3.63) is 57.5 Å². The van der Waals surface area contributed by atoms with E-state index in [0.29, 0.717) is 30.3 Å². The Hall–Kier alpha value is -3.04. The summed E-state index contributed by atoms with van der Waals surface area (Å²) in [6.45, 7) is 8.93. The van der Waals surface area contributed by atoms with E-state index in [1.807, 2.05) is 48.6 Å². The Labute approximate surface area is 203 Å². The van der Waals surface area contributed by atoms with E-state index in [1.54, 1.807) is 6.33 Å². The van der Waals surface area contributed by atoms with Crippen molar-refractivity contribution in [2.75, 3.05) is 6.54 Å². The number of rotatable bonds is 6. The molecule has 0 unspecified atom stereocenters. The minimum Gasteiger partial charge on any atom is -0.417 e. The molecule has 0 radical (unpaired) electrons. The van der Waals surface area contributed by atoms with Crippen molar-refractivity contribution in [1.82, 2.24) is 24.6 Å². The normalized spacial score (nSPS) is 17.1. The summed E-state index contributed by atoms with van der Waals surface area (Å²) in [7, 11) is 0. The molecule has 3 aromatic rings. The number of aromatic nitrogens is 4. The summed E-state index contributed by atoms with van der Waals surface area (Å²) >= 11 is 1.47. The van der Waals surface area contributed by atoms with Crippen LogP contribution in [0, 0.1) is 0 Å². The van der Waals surface area contributed by atoms with Crippen molar-refractivity contribution in [1.29, 1.82) is 0 Å². The van der Waals surface area contributed by atoms with Gasteiger partial charge in [-0.15, -0.1) is 21.5 Å². The van der Waals surface area contributed by atoms with Crippen molar-refractivity contribution in [2.45, 2.75) is 65.0 Å². The predicted molar refractivity (Wildman–Crippen MR) is 132 cm³/mol. The average molecular weight is 479 g/mol. The van der Waals surface area contributed by atoms with Crippen molar-refractivity contribution in [3.8, 4) is 17.3 Å². The van der Waals surface area contributed by atoms with E-state index in [-0.39, 0.29) is 11.9 Å². The van der Waals surface area contributed by atoms with Gasteiger partial charge in [0.15, 0.2) is 5.69 Å². The molecule has 1 amide bonds. The maximum absolute atomic E-state index is 13.2. The number of amides is 1. The Kier molecular flexibility index (Phi) is 5.77. The van der Waals surface area contributed by atoms with Crippen LogP contribution in [0.3, 0.4) is 0 Å². The number of carbonyl (C=O) groups excluding carboxylic acids is 1. The second-order valence-corrected chi connectivity index (χ2v) is 10.6. The van der Waals surface area contributed by atoms with Crippen LogP contribution in [0.5, 0.6) is 0 Å². The minimum absolute atomic E-state index is 0.0704. The monoisotopic (exact) mass is 478 g/mol. The minimum atomic E-state index is -0.813. The first-order valence-corrected chi connectivity index (χ1v) is 12.5. The highest BCUT2D eigenvalue weighted by Gasteiger charge is 2.41. The molecule has 1 saturated heterocycles. The lowest BCUT2D eigenvalue weighted by Gasteiger charge is -2.23. The van der Waals surface area contributed by atoms with Gasteiger partial charge >= 0.3 is 0 Å². The summed E-state index contributed by atoms with van der Waals surface area (Å²) in [5, 5.41) is 10.7. The van der Waals surface area contributed by atoms with Crippen LogP contribution in [0.25, 0.3) is 17.3 Å². The number of nitrogens with zero attached hydrogens (tertiary/aromatic N) is 5. The number of hydrogen-bond acceptors (Lipinski definition) is 7. The zero-order valence-corrected chi connectivity index (χ0v) is 20.9. The van der Waals surface area contributed by atoms with Crippen LogP contribution in [0.1, 0.15) is 80.7 Å². The van der Waals surface area contributed by atoms with Gasteiger partial charge in [0, 0.05) is 6.54 Å². The quantitative estimate of drug-likeness (QED) is 0.492. The zero-order valence-electron chi connectivity index (χ0n) is 20.0. The van der Waals surface area contributed by atoms with Gasteiger partial charge in [-0.25, -0.2) is 4.98 Å². The molecule has 0 aromatic carbocycles. The van der Waals surface area contributed by atoms with Gasteiger partial charge in [-0.2, -0.15) is 0 Å². The van der Waals surface area contributed by atoms with Gasteiger partial charge in [-0.3, -0.25) is 9.36 Å². The van der Waals surface area contributed by atoms with E-state index < -0.39 is 5.54 Å². The lowest BCUT2D eigenvalue weighted by molar-refractivity contribution is 0.0743. The molecule has 178 valence electrons. The second-order valence-electron chi connectivity index (χ2n) is 9.68. The molecule has 0 spiro atoms. The smallest absolute Gasteiger partial charge is 0.268 e. The fourth-order valence-electron chi connectivity index (χ4n) is 4.66. The number of hydrogen-bond donors (Lipinski definition) is 1. The zero-order chi connectivity index (χ0) is 24.0. The van der Waals surface area contributed by atoms with Gasteiger partial charge < -0.3 is 15.1 Å². The number of nitrogens with two attached hydrogens (primary N) is 1. The third-order valence-corrected chi connectivity index (χ3v) is 7.43. The molecule has 2 aliphatic rings. The molecule has 0 aliphatic carbocycles. The molecule has 8 nitrogen and oxygen atoms in total.